The van der Waals surface area contributed by atoms with Crippen molar-refractivity contribution in [3.63, 3.8) is 0 Å². The number of aromatic nitrogens is 1. The SMILES string of the molecule is CCCCN(CC)c1ccnc(CNC(C)(C)C)c1. The largest absolute Gasteiger partial charge is 0.372 e. The van der Waals surface area contributed by atoms with Gasteiger partial charge in [0.15, 0.2) is 0 Å². The molecule has 1 N–H and O–H groups in total. The lowest BCUT2D eigenvalue weighted by Gasteiger charge is -2.24. The van der Waals surface area contributed by atoms with E-state index < -0.39 is 0 Å². The van der Waals surface area contributed by atoms with Crippen LogP contribution in [-0.2, 0) is 6.54 Å². The Morgan fingerprint density at radius 3 is 2.58 bits per heavy atom. The topological polar surface area (TPSA) is 28.2 Å². The van der Waals surface area contributed by atoms with Crippen LogP contribution in [0.25, 0.3) is 0 Å². The molecule has 0 bridgehead atoms. The lowest BCUT2D eigenvalue weighted by atomic mass is 10.1. The number of rotatable bonds is 7. The molecule has 0 amide bonds. The maximum Gasteiger partial charge on any atom is 0.0562 e. The highest BCUT2D eigenvalue weighted by Gasteiger charge is 2.10. The summed E-state index contributed by atoms with van der Waals surface area (Å²) >= 11 is 0. The second-order valence-corrected chi connectivity index (χ2v) is 6.04. The van der Waals surface area contributed by atoms with E-state index in [4.69, 9.17) is 0 Å². The van der Waals surface area contributed by atoms with Gasteiger partial charge >= 0.3 is 0 Å². The normalized spacial score (nSPS) is 11.6. The van der Waals surface area contributed by atoms with E-state index in [9.17, 15) is 0 Å². The molecule has 1 rings (SSSR count). The van der Waals surface area contributed by atoms with E-state index in [0.717, 1.165) is 25.3 Å². The van der Waals surface area contributed by atoms with Gasteiger partial charge in [0.2, 0.25) is 0 Å². The second-order valence-electron chi connectivity index (χ2n) is 6.04. The second kappa shape index (κ2) is 7.49. The van der Waals surface area contributed by atoms with Gasteiger partial charge in [-0.2, -0.15) is 0 Å². The van der Waals surface area contributed by atoms with E-state index in [-0.39, 0.29) is 5.54 Å². The molecule has 0 aromatic carbocycles. The molecule has 0 aliphatic heterocycles. The molecule has 0 spiro atoms. The molecule has 0 saturated heterocycles. The minimum atomic E-state index is 0.129. The molecule has 0 aliphatic carbocycles. The summed E-state index contributed by atoms with van der Waals surface area (Å²) in [6.45, 7) is 14.0. The number of anilines is 1. The fraction of sp³-hybridized carbons (Fsp3) is 0.688. The first kappa shape index (κ1) is 16.0. The third kappa shape index (κ3) is 6.06. The van der Waals surface area contributed by atoms with Gasteiger partial charge in [0.1, 0.15) is 0 Å². The molecule has 19 heavy (non-hydrogen) atoms. The quantitative estimate of drug-likeness (QED) is 0.814. The molecular formula is C16H29N3. The molecule has 0 aliphatic rings. The van der Waals surface area contributed by atoms with Crippen molar-refractivity contribution >= 4 is 5.69 Å². The van der Waals surface area contributed by atoms with Crippen LogP contribution in [0.1, 0.15) is 53.2 Å². The highest BCUT2D eigenvalue weighted by Crippen LogP contribution is 2.15. The summed E-state index contributed by atoms with van der Waals surface area (Å²) < 4.78 is 0. The Morgan fingerprint density at radius 2 is 2.00 bits per heavy atom. The fourth-order valence-corrected chi connectivity index (χ4v) is 1.93. The zero-order chi connectivity index (χ0) is 14.3. The monoisotopic (exact) mass is 263 g/mol. The molecule has 3 heteroatoms. The number of unbranched alkanes of at least 4 members (excludes halogenated alkanes) is 1. The molecule has 3 nitrogen and oxygen atoms in total. The van der Waals surface area contributed by atoms with Crippen LogP contribution in [0.15, 0.2) is 18.3 Å². The predicted octanol–water partition coefficient (Wildman–Crippen LogP) is 3.60. The van der Waals surface area contributed by atoms with E-state index in [1.807, 2.05) is 6.20 Å². The van der Waals surface area contributed by atoms with Crippen LogP contribution in [0, 0.1) is 0 Å². The highest BCUT2D eigenvalue weighted by molar-refractivity contribution is 5.46. The number of nitrogens with one attached hydrogen (secondary N) is 1. The van der Waals surface area contributed by atoms with Gasteiger partial charge in [-0.05, 0) is 46.2 Å². The molecule has 0 unspecified atom stereocenters. The Bertz CT molecular complexity index is 369. The smallest absolute Gasteiger partial charge is 0.0562 e. The average molecular weight is 263 g/mol. The number of hydrogen-bond donors (Lipinski definition) is 1. The van der Waals surface area contributed by atoms with Gasteiger partial charge in [0.25, 0.3) is 0 Å². The molecule has 0 fully saturated rings. The van der Waals surface area contributed by atoms with E-state index in [1.165, 1.54) is 18.5 Å². The van der Waals surface area contributed by atoms with Gasteiger partial charge in [-0.1, -0.05) is 13.3 Å². The summed E-state index contributed by atoms with van der Waals surface area (Å²) in [6.07, 6.45) is 4.40. The third-order valence-electron chi connectivity index (χ3n) is 3.13. The maximum absolute atomic E-state index is 4.45. The summed E-state index contributed by atoms with van der Waals surface area (Å²) in [7, 11) is 0. The predicted molar refractivity (Wildman–Crippen MR) is 83.6 cm³/mol. The lowest BCUT2D eigenvalue weighted by molar-refractivity contribution is 0.421. The van der Waals surface area contributed by atoms with Crippen molar-refractivity contribution in [1.82, 2.24) is 10.3 Å². The van der Waals surface area contributed by atoms with Gasteiger partial charge < -0.3 is 10.2 Å². The van der Waals surface area contributed by atoms with Crippen molar-refractivity contribution in [2.45, 2.75) is 59.5 Å². The molecule has 1 heterocycles. The first-order valence-electron chi connectivity index (χ1n) is 7.41. The zero-order valence-electron chi connectivity index (χ0n) is 13.2. The molecule has 1 aromatic rings. The minimum Gasteiger partial charge on any atom is -0.372 e. The molecular weight excluding hydrogens is 234 g/mol. The van der Waals surface area contributed by atoms with Gasteiger partial charge in [-0.15, -0.1) is 0 Å². The van der Waals surface area contributed by atoms with E-state index in [2.05, 4.69) is 62.0 Å². The van der Waals surface area contributed by atoms with Crippen LogP contribution < -0.4 is 10.2 Å². The first-order chi connectivity index (χ1) is 8.96. The molecule has 0 saturated carbocycles. The van der Waals surface area contributed by atoms with Gasteiger partial charge in [-0.3, -0.25) is 4.98 Å². The Balaban J connectivity index is 2.69. The zero-order valence-corrected chi connectivity index (χ0v) is 13.2. The third-order valence-corrected chi connectivity index (χ3v) is 3.13. The van der Waals surface area contributed by atoms with Crippen molar-refractivity contribution < 1.29 is 0 Å². The van der Waals surface area contributed by atoms with Crippen molar-refractivity contribution in [1.29, 1.82) is 0 Å². The van der Waals surface area contributed by atoms with Crippen molar-refractivity contribution in [3.05, 3.63) is 24.0 Å². The average Bonchev–Trinajstić information content (AvgIpc) is 2.37. The summed E-state index contributed by atoms with van der Waals surface area (Å²) in [5.41, 5.74) is 2.53. The van der Waals surface area contributed by atoms with Crippen LogP contribution in [0.5, 0.6) is 0 Å². The van der Waals surface area contributed by atoms with Crippen LogP contribution in [-0.4, -0.2) is 23.6 Å². The van der Waals surface area contributed by atoms with Crippen molar-refractivity contribution in [2.24, 2.45) is 0 Å². The summed E-state index contributed by atoms with van der Waals surface area (Å²) in [5, 5.41) is 3.48. The Hall–Kier alpha value is -1.09. The summed E-state index contributed by atoms with van der Waals surface area (Å²) in [6, 6.07) is 4.32. The number of pyridine rings is 1. The Kier molecular flexibility index (Phi) is 6.29. The van der Waals surface area contributed by atoms with E-state index in [0.29, 0.717) is 0 Å². The number of hydrogen-bond acceptors (Lipinski definition) is 3. The van der Waals surface area contributed by atoms with E-state index in [1.54, 1.807) is 0 Å². The molecule has 108 valence electrons. The summed E-state index contributed by atoms with van der Waals surface area (Å²) in [5.74, 6) is 0. The lowest BCUT2D eigenvalue weighted by Crippen LogP contribution is -2.35. The summed E-state index contributed by atoms with van der Waals surface area (Å²) in [4.78, 5) is 6.87. The van der Waals surface area contributed by atoms with Gasteiger partial charge in [-0.25, -0.2) is 0 Å². The minimum absolute atomic E-state index is 0.129. The van der Waals surface area contributed by atoms with Crippen LogP contribution in [0.4, 0.5) is 5.69 Å². The Labute approximate surface area is 118 Å². The Morgan fingerprint density at radius 1 is 1.26 bits per heavy atom. The molecule has 0 atom stereocenters. The van der Waals surface area contributed by atoms with Crippen molar-refractivity contribution in [3.8, 4) is 0 Å². The van der Waals surface area contributed by atoms with Crippen LogP contribution >= 0.6 is 0 Å². The van der Waals surface area contributed by atoms with Gasteiger partial charge in [0.05, 0.1) is 5.69 Å². The fourth-order valence-electron chi connectivity index (χ4n) is 1.93. The van der Waals surface area contributed by atoms with Crippen LogP contribution in [0.3, 0.4) is 0 Å². The van der Waals surface area contributed by atoms with E-state index >= 15 is 0 Å². The van der Waals surface area contributed by atoms with Gasteiger partial charge in [0, 0.05) is 37.1 Å². The number of nitrogens with zero attached hydrogens (tertiary/aromatic N) is 2. The maximum atomic E-state index is 4.45. The van der Waals surface area contributed by atoms with Crippen molar-refractivity contribution in [2.75, 3.05) is 18.0 Å². The first-order valence-corrected chi connectivity index (χ1v) is 7.41. The molecule has 0 radical (unpaired) electrons. The standard InChI is InChI=1S/C16H29N3/c1-6-8-11-19(7-2)15-9-10-17-14(12-15)13-18-16(3,4)5/h9-10,12,18H,6-8,11,13H2,1-5H3. The molecule has 1 aromatic heterocycles. The highest BCUT2D eigenvalue weighted by atomic mass is 15.1. The van der Waals surface area contributed by atoms with Crippen LogP contribution in [0.2, 0.25) is 0 Å².